The van der Waals surface area contributed by atoms with Crippen molar-refractivity contribution in [2.24, 2.45) is 0 Å². The van der Waals surface area contributed by atoms with Crippen molar-refractivity contribution in [2.75, 3.05) is 10.2 Å². The third-order valence-corrected chi connectivity index (χ3v) is 3.91. The molecule has 3 rings (SSSR count). The van der Waals surface area contributed by atoms with Crippen molar-refractivity contribution in [1.82, 2.24) is 5.16 Å². The second-order valence-electron chi connectivity index (χ2n) is 6.81. The Balaban J connectivity index is 1.79. The van der Waals surface area contributed by atoms with E-state index in [0.717, 1.165) is 17.9 Å². The van der Waals surface area contributed by atoms with Gasteiger partial charge in [-0.2, -0.15) is 0 Å². The minimum absolute atomic E-state index is 0.131. The lowest BCUT2D eigenvalue weighted by Gasteiger charge is -2.22. The normalized spacial score (nSPS) is 17.5. The van der Waals surface area contributed by atoms with Crippen LogP contribution in [0.1, 0.15) is 39.0 Å². The van der Waals surface area contributed by atoms with Gasteiger partial charge in [0, 0.05) is 23.2 Å². The van der Waals surface area contributed by atoms with E-state index in [0.29, 0.717) is 5.82 Å². The first-order valence-electron chi connectivity index (χ1n) is 7.51. The van der Waals surface area contributed by atoms with E-state index in [4.69, 9.17) is 4.52 Å². The Morgan fingerprint density at radius 2 is 2.09 bits per heavy atom. The van der Waals surface area contributed by atoms with E-state index in [9.17, 15) is 4.79 Å². The summed E-state index contributed by atoms with van der Waals surface area (Å²) in [5.74, 6) is 1.20. The van der Waals surface area contributed by atoms with Gasteiger partial charge in [0.2, 0.25) is 0 Å². The maximum atomic E-state index is 12.6. The Hall–Kier alpha value is -2.30. The molecule has 2 amide bonds. The van der Waals surface area contributed by atoms with Crippen LogP contribution in [-0.2, 0) is 11.8 Å². The van der Waals surface area contributed by atoms with Crippen LogP contribution in [0.15, 0.2) is 34.9 Å². The third kappa shape index (κ3) is 2.58. The number of hydrogen-bond donors (Lipinski definition) is 1. The van der Waals surface area contributed by atoms with Crippen LogP contribution in [0.2, 0.25) is 0 Å². The average Bonchev–Trinajstić information content (AvgIpc) is 3.01. The number of urea groups is 1. The Bertz CT molecular complexity index is 700. The standard InChI is InChI=1S/C17H21N3O2/c1-11-9-12-7-5-6-8-13(12)20(11)16(21)18-15-10-14(22-19-15)17(2,3)4/h5-8,10-11H,9H2,1-4H3,(H,18,19,21). The molecule has 0 aliphatic carbocycles. The summed E-state index contributed by atoms with van der Waals surface area (Å²) in [6.07, 6.45) is 0.871. The molecule has 2 heterocycles. The van der Waals surface area contributed by atoms with Gasteiger partial charge in [0.15, 0.2) is 5.82 Å². The summed E-state index contributed by atoms with van der Waals surface area (Å²) in [6, 6.07) is 9.72. The van der Waals surface area contributed by atoms with Crippen molar-refractivity contribution in [3.63, 3.8) is 0 Å². The zero-order valence-corrected chi connectivity index (χ0v) is 13.4. The molecule has 5 nitrogen and oxygen atoms in total. The molecule has 0 radical (unpaired) electrons. The number of benzene rings is 1. The maximum Gasteiger partial charge on any atom is 0.327 e. The second-order valence-corrected chi connectivity index (χ2v) is 6.81. The zero-order valence-electron chi connectivity index (χ0n) is 13.4. The summed E-state index contributed by atoms with van der Waals surface area (Å²) in [5.41, 5.74) is 2.02. The molecule has 1 aromatic heterocycles. The number of hydrogen-bond acceptors (Lipinski definition) is 3. The van der Waals surface area contributed by atoms with Crippen LogP contribution in [0, 0.1) is 0 Å². The molecule has 5 heteroatoms. The maximum absolute atomic E-state index is 12.6. The Morgan fingerprint density at radius 1 is 1.36 bits per heavy atom. The highest BCUT2D eigenvalue weighted by atomic mass is 16.5. The Kier molecular flexibility index (Phi) is 3.43. The number of amides is 2. The molecule has 1 N–H and O–H groups in total. The fraction of sp³-hybridized carbons (Fsp3) is 0.412. The first-order valence-corrected chi connectivity index (χ1v) is 7.51. The molecule has 0 spiro atoms. The fourth-order valence-electron chi connectivity index (χ4n) is 2.73. The van der Waals surface area contributed by atoms with Crippen molar-refractivity contribution in [3.05, 3.63) is 41.7 Å². The summed E-state index contributed by atoms with van der Waals surface area (Å²) in [5, 5.41) is 6.77. The number of anilines is 2. The van der Waals surface area contributed by atoms with Gasteiger partial charge in [0.25, 0.3) is 0 Å². The third-order valence-electron chi connectivity index (χ3n) is 3.91. The van der Waals surface area contributed by atoms with Crippen molar-refractivity contribution in [3.8, 4) is 0 Å². The molecule has 22 heavy (non-hydrogen) atoms. The molecule has 0 fully saturated rings. The van der Waals surface area contributed by atoms with E-state index in [1.54, 1.807) is 11.0 Å². The summed E-state index contributed by atoms with van der Waals surface area (Å²) in [7, 11) is 0. The van der Waals surface area contributed by atoms with Gasteiger partial charge in [-0.1, -0.05) is 44.1 Å². The van der Waals surface area contributed by atoms with Crippen LogP contribution >= 0.6 is 0 Å². The molecule has 0 saturated heterocycles. The molecule has 0 saturated carbocycles. The molecule has 1 unspecified atom stereocenters. The van der Waals surface area contributed by atoms with E-state index in [-0.39, 0.29) is 17.5 Å². The highest BCUT2D eigenvalue weighted by Gasteiger charge is 2.31. The summed E-state index contributed by atoms with van der Waals surface area (Å²) in [6.45, 7) is 8.16. The smallest absolute Gasteiger partial charge is 0.327 e. The lowest BCUT2D eigenvalue weighted by molar-refractivity contribution is 0.255. The minimum Gasteiger partial charge on any atom is -0.359 e. The summed E-state index contributed by atoms with van der Waals surface area (Å²) >= 11 is 0. The van der Waals surface area contributed by atoms with Gasteiger partial charge in [0.05, 0.1) is 0 Å². The number of fused-ring (bicyclic) bond motifs is 1. The molecule has 0 bridgehead atoms. The molecule has 2 aromatic rings. The minimum atomic E-state index is -0.175. The van der Waals surface area contributed by atoms with E-state index < -0.39 is 0 Å². The lowest BCUT2D eigenvalue weighted by atomic mass is 9.93. The Morgan fingerprint density at radius 3 is 2.77 bits per heavy atom. The van der Waals surface area contributed by atoms with Crippen LogP contribution < -0.4 is 10.2 Å². The van der Waals surface area contributed by atoms with E-state index >= 15 is 0 Å². The molecule has 1 aromatic carbocycles. The van der Waals surface area contributed by atoms with Crippen molar-refractivity contribution >= 4 is 17.5 Å². The number of nitrogens with zero attached hydrogens (tertiary/aromatic N) is 2. The van der Waals surface area contributed by atoms with Gasteiger partial charge in [-0.25, -0.2) is 4.79 Å². The molecule has 1 aliphatic rings. The molecule has 1 aliphatic heterocycles. The monoisotopic (exact) mass is 299 g/mol. The van der Waals surface area contributed by atoms with Crippen molar-refractivity contribution in [1.29, 1.82) is 0 Å². The quantitative estimate of drug-likeness (QED) is 0.867. The van der Waals surface area contributed by atoms with Gasteiger partial charge < -0.3 is 4.52 Å². The van der Waals surface area contributed by atoms with Crippen molar-refractivity contribution < 1.29 is 9.32 Å². The summed E-state index contributed by atoms with van der Waals surface area (Å²) < 4.78 is 5.31. The fourth-order valence-corrected chi connectivity index (χ4v) is 2.73. The van der Waals surface area contributed by atoms with Crippen LogP contribution in [0.3, 0.4) is 0 Å². The lowest BCUT2D eigenvalue weighted by Crippen LogP contribution is -2.39. The predicted molar refractivity (Wildman–Crippen MR) is 86.3 cm³/mol. The average molecular weight is 299 g/mol. The first-order chi connectivity index (χ1) is 10.4. The SMILES string of the molecule is CC1Cc2ccccc2N1C(=O)Nc1cc(C(C)(C)C)on1. The van der Waals surface area contributed by atoms with E-state index in [1.807, 2.05) is 45.9 Å². The van der Waals surface area contributed by atoms with E-state index in [1.165, 1.54) is 5.56 Å². The van der Waals surface area contributed by atoms with Gasteiger partial charge in [-0.05, 0) is 25.0 Å². The predicted octanol–water partition coefficient (Wildman–Crippen LogP) is 3.96. The van der Waals surface area contributed by atoms with Gasteiger partial charge in [-0.3, -0.25) is 10.2 Å². The summed E-state index contributed by atoms with van der Waals surface area (Å²) in [4.78, 5) is 14.4. The number of para-hydroxylation sites is 1. The van der Waals surface area contributed by atoms with Gasteiger partial charge in [-0.15, -0.1) is 0 Å². The number of nitrogens with one attached hydrogen (secondary N) is 1. The Labute approximate surface area is 130 Å². The highest BCUT2D eigenvalue weighted by molar-refractivity contribution is 6.03. The number of carbonyl (C=O) groups excluding carboxylic acids is 1. The number of aromatic nitrogens is 1. The molecular weight excluding hydrogens is 278 g/mol. The number of rotatable bonds is 1. The van der Waals surface area contributed by atoms with Crippen LogP contribution in [0.25, 0.3) is 0 Å². The van der Waals surface area contributed by atoms with Crippen LogP contribution in [-0.4, -0.2) is 17.2 Å². The first kappa shape index (κ1) is 14.6. The van der Waals surface area contributed by atoms with Gasteiger partial charge >= 0.3 is 6.03 Å². The highest BCUT2D eigenvalue weighted by Crippen LogP contribution is 2.32. The van der Waals surface area contributed by atoms with E-state index in [2.05, 4.69) is 16.5 Å². The van der Waals surface area contributed by atoms with Gasteiger partial charge in [0.1, 0.15) is 5.76 Å². The largest absolute Gasteiger partial charge is 0.359 e. The molecule has 1 atom stereocenters. The molecule has 116 valence electrons. The van der Waals surface area contributed by atoms with Crippen LogP contribution in [0.5, 0.6) is 0 Å². The van der Waals surface area contributed by atoms with Crippen LogP contribution in [0.4, 0.5) is 16.3 Å². The molecular formula is C17H21N3O2. The second kappa shape index (κ2) is 5.16. The zero-order chi connectivity index (χ0) is 15.9. The van der Waals surface area contributed by atoms with Crippen molar-refractivity contribution in [2.45, 2.75) is 45.6 Å². The number of carbonyl (C=O) groups is 1. The topological polar surface area (TPSA) is 58.4 Å².